The van der Waals surface area contributed by atoms with Crippen LogP contribution in [0.15, 0.2) is 42.5 Å². The molecule has 100 valence electrons. The van der Waals surface area contributed by atoms with Gasteiger partial charge in [0.1, 0.15) is 5.75 Å². The van der Waals surface area contributed by atoms with Crippen molar-refractivity contribution in [2.45, 2.75) is 26.4 Å². The first kappa shape index (κ1) is 13.6. The van der Waals surface area contributed by atoms with Crippen LogP contribution in [-0.2, 0) is 6.42 Å². The molecule has 1 atom stereocenters. The zero-order valence-corrected chi connectivity index (χ0v) is 11.7. The van der Waals surface area contributed by atoms with Crippen LogP contribution in [0.25, 0.3) is 0 Å². The van der Waals surface area contributed by atoms with Crippen molar-refractivity contribution >= 4 is 0 Å². The minimum Gasteiger partial charge on any atom is -0.497 e. The van der Waals surface area contributed by atoms with Crippen LogP contribution in [0, 0.1) is 13.8 Å². The van der Waals surface area contributed by atoms with Gasteiger partial charge in [-0.15, -0.1) is 0 Å². The molecule has 0 spiro atoms. The highest BCUT2D eigenvalue weighted by molar-refractivity contribution is 5.34. The molecule has 0 bridgehead atoms. The van der Waals surface area contributed by atoms with Gasteiger partial charge in [-0.25, -0.2) is 0 Å². The summed E-state index contributed by atoms with van der Waals surface area (Å²) < 4.78 is 5.20. The van der Waals surface area contributed by atoms with E-state index in [9.17, 15) is 5.11 Å². The number of methoxy groups -OCH3 is 1. The summed E-state index contributed by atoms with van der Waals surface area (Å²) in [5, 5.41) is 10.4. The third-order valence-electron chi connectivity index (χ3n) is 3.36. The second-order valence-corrected chi connectivity index (χ2v) is 4.93. The van der Waals surface area contributed by atoms with Gasteiger partial charge in [-0.3, -0.25) is 0 Å². The predicted octanol–water partition coefficient (Wildman–Crippen LogP) is 3.59. The molecule has 0 amide bonds. The van der Waals surface area contributed by atoms with Crippen LogP contribution in [0.4, 0.5) is 0 Å². The van der Waals surface area contributed by atoms with Crippen LogP contribution in [-0.4, -0.2) is 12.2 Å². The summed E-state index contributed by atoms with van der Waals surface area (Å²) in [7, 11) is 1.65. The molecule has 0 fully saturated rings. The molecule has 0 saturated heterocycles. The Kier molecular flexibility index (Phi) is 4.23. The van der Waals surface area contributed by atoms with Crippen molar-refractivity contribution in [1.29, 1.82) is 0 Å². The highest BCUT2D eigenvalue weighted by Crippen LogP contribution is 2.24. The van der Waals surface area contributed by atoms with Gasteiger partial charge in [-0.1, -0.05) is 35.9 Å². The van der Waals surface area contributed by atoms with Crippen LogP contribution in [0.1, 0.15) is 28.4 Å². The van der Waals surface area contributed by atoms with E-state index in [4.69, 9.17) is 4.74 Å². The lowest BCUT2D eigenvalue weighted by molar-refractivity contribution is 0.177. The predicted molar refractivity (Wildman–Crippen MR) is 77.6 cm³/mol. The molecule has 1 N–H and O–H groups in total. The number of rotatable bonds is 4. The van der Waals surface area contributed by atoms with E-state index in [-0.39, 0.29) is 0 Å². The summed E-state index contributed by atoms with van der Waals surface area (Å²) in [6, 6.07) is 14.0. The molecule has 0 aliphatic heterocycles. The summed E-state index contributed by atoms with van der Waals surface area (Å²) in [4.78, 5) is 0. The molecule has 0 aromatic heterocycles. The maximum Gasteiger partial charge on any atom is 0.119 e. The second-order valence-electron chi connectivity index (χ2n) is 4.93. The third kappa shape index (κ3) is 3.36. The second kappa shape index (κ2) is 5.89. The molecule has 2 aromatic rings. The van der Waals surface area contributed by atoms with Crippen molar-refractivity contribution in [3.8, 4) is 5.75 Å². The lowest BCUT2D eigenvalue weighted by Gasteiger charge is -2.15. The zero-order valence-electron chi connectivity index (χ0n) is 11.7. The van der Waals surface area contributed by atoms with E-state index in [0.717, 1.165) is 22.4 Å². The molecule has 19 heavy (non-hydrogen) atoms. The molecule has 2 heteroatoms. The van der Waals surface area contributed by atoms with Crippen molar-refractivity contribution in [1.82, 2.24) is 0 Å². The molecular formula is C17H20O2. The van der Waals surface area contributed by atoms with Gasteiger partial charge in [0.15, 0.2) is 0 Å². The number of aryl methyl sites for hydroxylation is 2. The molecule has 2 nitrogen and oxygen atoms in total. The fourth-order valence-electron chi connectivity index (χ4n) is 2.25. The first-order chi connectivity index (χ1) is 9.10. The third-order valence-corrected chi connectivity index (χ3v) is 3.36. The fourth-order valence-corrected chi connectivity index (χ4v) is 2.25. The van der Waals surface area contributed by atoms with Crippen LogP contribution >= 0.6 is 0 Å². The van der Waals surface area contributed by atoms with Gasteiger partial charge < -0.3 is 9.84 Å². The monoisotopic (exact) mass is 256 g/mol. The van der Waals surface area contributed by atoms with E-state index in [1.165, 1.54) is 5.56 Å². The number of aliphatic hydroxyl groups is 1. The van der Waals surface area contributed by atoms with Crippen LogP contribution in [0.5, 0.6) is 5.75 Å². The normalized spacial score (nSPS) is 12.2. The van der Waals surface area contributed by atoms with Gasteiger partial charge in [0.2, 0.25) is 0 Å². The molecule has 0 radical (unpaired) electrons. The topological polar surface area (TPSA) is 29.5 Å². The van der Waals surface area contributed by atoms with Crippen LogP contribution in [0.3, 0.4) is 0 Å². The summed E-state index contributed by atoms with van der Waals surface area (Å²) in [6.07, 6.45) is 0.119. The Hall–Kier alpha value is -1.80. The van der Waals surface area contributed by atoms with Crippen LogP contribution < -0.4 is 4.74 Å². The average Bonchev–Trinajstić information content (AvgIpc) is 2.41. The zero-order chi connectivity index (χ0) is 13.8. The van der Waals surface area contributed by atoms with Gasteiger partial charge in [0.05, 0.1) is 13.2 Å². The summed E-state index contributed by atoms with van der Waals surface area (Å²) >= 11 is 0. The van der Waals surface area contributed by atoms with Gasteiger partial charge in [-0.2, -0.15) is 0 Å². The number of benzene rings is 2. The van der Waals surface area contributed by atoms with Crippen molar-refractivity contribution in [2.75, 3.05) is 7.11 Å². The lowest BCUT2D eigenvalue weighted by atomic mass is 9.96. The Morgan fingerprint density at radius 2 is 1.89 bits per heavy atom. The molecule has 0 aliphatic carbocycles. The Balaban J connectivity index is 2.20. The summed E-state index contributed by atoms with van der Waals surface area (Å²) in [6.45, 7) is 4.07. The number of hydrogen-bond donors (Lipinski definition) is 1. The van der Waals surface area contributed by atoms with Gasteiger partial charge in [-0.05, 0) is 42.7 Å². The van der Waals surface area contributed by atoms with Gasteiger partial charge in [0.25, 0.3) is 0 Å². The summed E-state index contributed by atoms with van der Waals surface area (Å²) in [5.41, 5.74) is 4.38. The highest BCUT2D eigenvalue weighted by Gasteiger charge is 2.11. The van der Waals surface area contributed by atoms with Crippen molar-refractivity contribution in [3.05, 3.63) is 64.7 Å². The highest BCUT2D eigenvalue weighted by atomic mass is 16.5. The number of aliphatic hydroxyl groups excluding tert-OH is 1. The number of ether oxygens (including phenoxy) is 1. The van der Waals surface area contributed by atoms with E-state index < -0.39 is 6.10 Å². The molecule has 0 heterocycles. The Bertz CT molecular complexity index is 561. The number of hydrogen-bond acceptors (Lipinski definition) is 2. The standard InChI is InChI=1S/C17H20O2/c1-12-7-8-13(2)16(9-12)17(18)11-14-5-4-6-15(10-14)19-3/h4-10,17-18H,11H2,1-3H3. The quantitative estimate of drug-likeness (QED) is 0.906. The molecular weight excluding hydrogens is 236 g/mol. The van der Waals surface area contributed by atoms with Crippen molar-refractivity contribution in [2.24, 2.45) is 0 Å². The first-order valence-electron chi connectivity index (χ1n) is 6.48. The van der Waals surface area contributed by atoms with E-state index in [0.29, 0.717) is 6.42 Å². The molecule has 2 rings (SSSR count). The SMILES string of the molecule is COc1cccc(CC(O)c2cc(C)ccc2C)c1. The Labute approximate surface area is 114 Å². The largest absolute Gasteiger partial charge is 0.497 e. The molecule has 0 aliphatic rings. The van der Waals surface area contributed by atoms with E-state index in [1.54, 1.807) is 7.11 Å². The van der Waals surface area contributed by atoms with Crippen molar-refractivity contribution in [3.63, 3.8) is 0 Å². The van der Waals surface area contributed by atoms with Crippen molar-refractivity contribution < 1.29 is 9.84 Å². The Morgan fingerprint density at radius 3 is 2.63 bits per heavy atom. The van der Waals surface area contributed by atoms with Gasteiger partial charge in [0, 0.05) is 6.42 Å². The van der Waals surface area contributed by atoms with E-state index in [2.05, 4.69) is 18.2 Å². The molecule has 2 aromatic carbocycles. The van der Waals surface area contributed by atoms with E-state index >= 15 is 0 Å². The Morgan fingerprint density at radius 1 is 1.11 bits per heavy atom. The molecule has 0 saturated carbocycles. The summed E-state index contributed by atoms with van der Waals surface area (Å²) in [5.74, 6) is 0.825. The first-order valence-corrected chi connectivity index (χ1v) is 6.48. The van der Waals surface area contributed by atoms with E-state index in [1.807, 2.05) is 38.1 Å². The van der Waals surface area contributed by atoms with Crippen LogP contribution in [0.2, 0.25) is 0 Å². The minimum atomic E-state index is -0.480. The minimum absolute atomic E-state index is 0.480. The lowest BCUT2D eigenvalue weighted by Crippen LogP contribution is -2.04. The average molecular weight is 256 g/mol. The fraction of sp³-hybridized carbons (Fsp3) is 0.294. The smallest absolute Gasteiger partial charge is 0.119 e. The maximum atomic E-state index is 10.4. The maximum absolute atomic E-state index is 10.4. The molecule has 1 unspecified atom stereocenters. The van der Waals surface area contributed by atoms with Gasteiger partial charge >= 0.3 is 0 Å².